The Bertz CT molecular complexity index is 1220. The van der Waals surface area contributed by atoms with E-state index >= 15 is 0 Å². The van der Waals surface area contributed by atoms with Crippen LogP contribution in [0.5, 0.6) is 0 Å². The molecule has 6 rings (SSSR count). The largest absolute Gasteiger partial charge is 1.00 e. The second-order valence-corrected chi connectivity index (χ2v) is 24.2. The molecule has 0 amide bonds. The van der Waals surface area contributed by atoms with Gasteiger partial charge in [-0.1, -0.05) is 104 Å². The average Bonchev–Trinajstić information content (AvgIpc) is 3.52. The predicted molar refractivity (Wildman–Crippen MR) is 160 cm³/mol. The zero-order valence-electron chi connectivity index (χ0n) is 22.9. The van der Waals surface area contributed by atoms with Gasteiger partial charge in [-0.15, -0.1) is 33.9 Å². The predicted octanol–water partition coefficient (Wildman–Crippen LogP) is 2.33. The van der Waals surface area contributed by atoms with E-state index in [2.05, 4.69) is 138 Å². The second-order valence-electron chi connectivity index (χ2n) is 9.73. The Morgan fingerprint density at radius 2 is 0.974 bits per heavy atom. The van der Waals surface area contributed by atoms with Gasteiger partial charge < -0.3 is 24.8 Å². The molecule has 0 saturated carbocycles. The van der Waals surface area contributed by atoms with E-state index in [9.17, 15) is 0 Å². The smallest absolute Gasteiger partial charge is 1.00 e. The molecule has 4 atom stereocenters. The molecule has 0 aromatic heterocycles. The SMILES string of the molecule is CC1=[C-]C2=CC(C)P(c3ccccc3)C2=C1.CC1=[C-]C2=CC(C)P(c3ccccc3)C2=C1.C[Si](C)=[Zr+2].[Cl-].[Cl-]. The first kappa shape index (κ1) is 33.6. The Kier molecular flexibility index (Phi) is 13.7. The van der Waals surface area contributed by atoms with E-state index in [1.807, 2.05) is 0 Å². The number of benzene rings is 2. The van der Waals surface area contributed by atoms with E-state index in [-0.39, 0.29) is 46.1 Å². The summed E-state index contributed by atoms with van der Waals surface area (Å²) in [6.07, 6.45) is 16.3. The van der Waals surface area contributed by atoms with E-state index in [0.29, 0.717) is 11.3 Å². The molecule has 4 unspecified atom stereocenters. The molecule has 0 spiro atoms. The molecule has 4 aliphatic rings. The van der Waals surface area contributed by atoms with Gasteiger partial charge in [0.15, 0.2) is 0 Å². The minimum atomic E-state index is -0.183. The Morgan fingerprint density at radius 3 is 1.29 bits per heavy atom. The summed E-state index contributed by atoms with van der Waals surface area (Å²) in [5, 5.41) is 6.01. The molecule has 2 aromatic rings. The average molecular weight is 671 g/mol. The van der Waals surface area contributed by atoms with Crippen LogP contribution in [0.2, 0.25) is 13.1 Å². The summed E-state index contributed by atoms with van der Waals surface area (Å²) in [4.78, 5) is 0. The summed E-state index contributed by atoms with van der Waals surface area (Å²) >= 11 is 1.74. The van der Waals surface area contributed by atoms with Crippen LogP contribution in [0.3, 0.4) is 0 Å². The van der Waals surface area contributed by atoms with Crippen LogP contribution in [0.25, 0.3) is 0 Å². The van der Waals surface area contributed by atoms with Crippen LogP contribution < -0.4 is 35.4 Å². The summed E-state index contributed by atoms with van der Waals surface area (Å²) in [5.74, 6) is 0. The van der Waals surface area contributed by atoms with Crippen molar-refractivity contribution in [2.45, 2.75) is 52.1 Å². The molecule has 0 nitrogen and oxygen atoms in total. The Hall–Kier alpha value is -0.580. The van der Waals surface area contributed by atoms with Crippen LogP contribution in [0.15, 0.2) is 118 Å². The van der Waals surface area contributed by atoms with Crippen molar-refractivity contribution in [3.05, 3.63) is 130 Å². The van der Waals surface area contributed by atoms with Crippen LogP contribution >= 0.6 is 15.8 Å². The van der Waals surface area contributed by atoms with Gasteiger partial charge in [-0.05, 0) is 21.9 Å². The Morgan fingerprint density at radius 1 is 0.658 bits per heavy atom. The first-order valence-electron chi connectivity index (χ1n) is 12.5. The van der Waals surface area contributed by atoms with Crippen molar-refractivity contribution < 1.29 is 48.1 Å². The van der Waals surface area contributed by atoms with Crippen molar-refractivity contribution in [3.8, 4) is 0 Å². The Balaban J connectivity index is 0.000000224. The molecule has 0 bridgehead atoms. The zero-order valence-corrected chi connectivity index (χ0v) is 29.6. The quantitative estimate of drug-likeness (QED) is 0.262. The van der Waals surface area contributed by atoms with Crippen molar-refractivity contribution in [2.24, 2.45) is 0 Å². The van der Waals surface area contributed by atoms with E-state index < -0.39 is 0 Å². The monoisotopic (exact) mass is 668 g/mol. The molecule has 2 heterocycles. The number of hydrogen-bond donors (Lipinski definition) is 0. The minimum absolute atomic E-state index is 0. The van der Waals surface area contributed by atoms with Gasteiger partial charge in [0, 0.05) is 0 Å². The van der Waals surface area contributed by atoms with Crippen LogP contribution in [0.4, 0.5) is 0 Å². The summed E-state index contributed by atoms with van der Waals surface area (Å²) in [5.41, 5.74) is 6.76. The van der Waals surface area contributed by atoms with Gasteiger partial charge in [-0.2, -0.15) is 35.5 Å². The molecular weight excluding hydrogens is 637 g/mol. The van der Waals surface area contributed by atoms with E-state index in [0.717, 1.165) is 0 Å². The number of allylic oxidation sites excluding steroid dienone is 12. The molecule has 6 heteroatoms. The number of rotatable bonds is 2. The van der Waals surface area contributed by atoms with Gasteiger partial charge >= 0.3 is 41.9 Å². The number of halogens is 2. The van der Waals surface area contributed by atoms with Gasteiger partial charge in [0.1, 0.15) is 0 Å². The molecule has 0 fully saturated rings. The normalized spacial score (nSPS) is 23.7. The van der Waals surface area contributed by atoms with Crippen LogP contribution in [0, 0.1) is 12.2 Å². The first-order chi connectivity index (χ1) is 17.2. The van der Waals surface area contributed by atoms with Crippen LogP contribution in [-0.2, 0) is 23.3 Å². The molecule has 2 aliphatic heterocycles. The van der Waals surface area contributed by atoms with Crippen molar-refractivity contribution >= 4 is 31.9 Å². The molecule has 0 radical (unpaired) electrons. The Labute approximate surface area is 260 Å². The molecule has 38 heavy (non-hydrogen) atoms. The van der Waals surface area contributed by atoms with Gasteiger partial charge in [-0.25, -0.2) is 0 Å². The number of fused-ring (bicyclic) bond motifs is 2. The third-order valence-electron chi connectivity index (χ3n) is 6.14. The second kappa shape index (κ2) is 15.4. The molecule has 0 N–H and O–H groups in total. The number of hydrogen-bond acceptors (Lipinski definition) is 0. The summed E-state index contributed by atoms with van der Waals surface area (Å²) in [6.45, 7) is 13.5. The zero-order chi connectivity index (χ0) is 25.8. The van der Waals surface area contributed by atoms with Crippen LogP contribution in [0.1, 0.15) is 27.7 Å². The topological polar surface area (TPSA) is 0 Å². The molecule has 0 saturated heterocycles. The van der Waals surface area contributed by atoms with Crippen molar-refractivity contribution in [3.63, 3.8) is 0 Å². The maximum Gasteiger partial charge on any atom is -1.00 e. The van der Waals surface area contributed by atoms with Gasteiger partial charge in [0.25, 0.3) is 0 Å². The summed E-state index contributed by atoms with van der Waals surface area (Å²) in [7, 11) is -0.367. The fourth-order valence-corrected chi connectivity index (χ4v) is 10.2. The van der Waals surface area contributed by atoms with Crippen LogP contribution in [-0.4, -0.2) is 16.8 Å². The fourth-order valence-electron chi connectivity index (χ4n) is 4.84. The van der Waals surface area contributed by atoms with Gasteiger partial charge in [-0.3, -0.25) is 0 Å². The van der Waals surface area contributed by atoms with Crippen molar-refractivity contribution in [2.75, 3.05) is 0 Å². The third-order valence-corrected chi connectivity index (χ3v) is 11.6. The van der Waals surface area contributed by atoms with Gasteiger partial charge in [0.05, 0.1) is 0 Å². The molecule has 2 aliphatic carbocycles. The minimum Gasteiger partial charge on any atom is -1.00 e. The molecular formula is C32H34Cl2P2SiZr-2. The fraction of sp³-hybridized carbons (Fsp3) is 0.250. The molecule has 196 valence electrons. The van der Waals surface area contributed by atoms with E-state index in [1.165, 1.54) is 43.5 Å². The van der Waals surface area contributed by atoms with E-state index in [1.54, 1.807) is 23.3 Å². The summed E-state index contributed by atoms with van der Waals surface area (Å²) < 4.78 is 0. The van der Waals surface area contributed by atoms with Crippen molar-refractivity contribution in [1.29, 1.82) is 0 Å². The van der Waals surface area contributed by atoms with E-state index in [4.69, 9.17) is 0 Å². The standard InChI is InChI=1S/2C15H14P.C2H6Si.2ClH.Zr/c2*1-11-8-13-10-12(2)16(15(13)9-11)14-6-4-3-5-7-14;1-3-2;;;/h2*3-7,9-10,12H,1-2H3;1-2H3;2*1H;/q2*-1;;;;+2/p-2. The maximum absolute atomic E-state index is 3.45. The van der Waals surface area contributed by atoms with Gasteiger partial charge in [0.2, 0.25) is 0 Å². The van der Waals surface area contributed by atoms with Crippen molar-refractivity contribution in [1.82, 2.24) is 0 Å². The first-order valence-corrected chi connectivity index (χ1v) is 21.5. The third kappa shape index (κ3) is 8.23. The summed E-state index contributed by atoms with van der Waals surface area (Å²) in [6, 6.07) is 21.8. The maximum atomic E-state index is 3.45. The molecule has 2 aromatic carbocycles.